The van der Waals surface area contributed by atoms with Crippen molar-refractivity contribution in [2.75, 3.05) is 13.7 Å². The average Bonchev–Trinajstić information content (AvgIpc) is 2.88. The second-order valence-electron chi connectivity index (χ2n) is 5.03. The molecule has 1 aromatic carbocycles. The summed E-state index contributed by atoms with van der Waals surface area (Å²) in [4.78, 5) is 10.6. The third-order valence-corrected chi connectivity index (χ3v) is 3.37. The van der Waals surface area contributed by atoms with Gasteiger partial charge in [0.25, 0.3) is 0 Å². The van der Waals surface area contributed by atoms with Gasteiger partial charge < -0.3 is 19.3 Å². The molecular weight excluding hydrogens is 272 g/mol. The van der Waals surface area contributed by atoms with Crippen molar-refractivity contribution >= 4 is 12.0 Å². The van der Waals surface area contributed by atoms with Crippen LogP contribution in [0.4, 0.5) is 0 Å². The second-order valence-corrected chi connectivity index (χ2v) is 5.03. The highest BCUT2D eigenvalue weighted by atomic mass is 16.5. The molecule has 0 aromatic heterocycles. The van der Waals surface area contributed by atoms with Gasteiger partial charge in [0.05, 0.1) is 19.3 Å². The van der Waals surface area contributed by atoms with E-state index in [1.807, 2.05) is 6.92 Å². The molecule has 114 valence electrons. The molecule has 1 aliphatic rings. The van der Waals surface area contributed by atoms with E-state index in [0.29, 0.717) is 23.7 Å². The molecule has 0 saturated carbocycles. The number of benzene rings is 1. The summed E-state index contributed by atoms with van der Waals surface area (Å²) in [6.07, 6.45) is 4.97. The Morgan fingerprint density at radius 1 is 1.48 bits per heavy atom. The molecule has 5 heteroatoms. The normalized spacial score (nSPS) is 21.6. The fourth-order valence-electron chi connectivity index (χ4n) is 2.26. The van der Waals surface area contributed by atoms with E-state index in [2.05, 4.69) is 0 Å². The number of carboxylic acid groups (broad SMARTS) is 1. The topological polar surface area (TPSA) is 65.0 Å². The van der Waals surface area contributed by atoms with Gasteiger partial charge in [-0.05, 0) is 38.0 Å². The van der Waals surface area contributed by atoms with Crippen LogP contribution in [-0.4, -0.2) is 37.0 Å². The summed E-state index contributed by atoms with van der Waals surface area (Å²) in [6, 6.07) is 5.29. The molecule has 2 rings (SSSR count). The first-order chi connectivity index (χ1) is 10.1. The van der Waals surface area contributed by atoms with Crippen molar-refractivity contribution in [3.8, 4) is 11.5 Å². The van der Waals surface area contributed by atoms with E-state index in [1.165, 1.54) is 6.08 Å². The highest BCUT2D eigenvalue weighted by Gasteiger charge is 2.22. The van der Waals surface area contributed by atoms with Crippen LogP contribution in [0.3, 0.4) is 0 Å². The molecule has 1 aliphatic heterocycles. The molecule has 21 heavy (non-hydrogen) atoms. The minimum Gasteiger partial charge on any atom is -0.497 e. The fourth-order valence-corrected chi connectivity index (χ4v) is 2.26. The predicted octanol–water partition coefficient (Wildman–Crippen LogP) is 2.74. The lowest BCUT2D eigenvalue weighted by atomic mass is 10.1. The zero-order valence-corrected chi connectivity index (χ0v) is 12.2. The Hall–Kier alpha value is -2.01. The molecular formula is C16H20O5. The van der Waals surface area contributed by atoms with Crippen LogP contribution in [0, 0.1) is 0 Å². The maximum absolute atomic E-state index is 10.6. The van der Waals surface area contributed by atoms with Crippen LogP contribution >= 0.6 is 0 Å². The third kappa shape index (κ3) is 4.49. The molecule has 0 spiro atoms. The number of carboxylic acids is 1. The largest absolute Gasteiger partial charge is 0.497 e. The van der Waals surface area contributed by atoms with Crippen molar-refractivity contribution in [2.45, 2.75) is 32.0 Å². The van der Waals surface area contributed by atoms with Gasteiger partial charge in [-0.3, -0.25) is 0 Å². The summed E-state index contributed by atoms with van der Waals surface area (Å²) in [5.74, 6) is 0.262. The molecule has 5 nitrogen and oxygen atoms in total. The molecule has 0 amide bonds. The lowest BCUT2D eigenvalue weighted by molar-refractivity contribution is -0.131. The van der Waals surface area contributed by atoms with Gasteiger partial charge in [-0.1, -0.05) is 0 Å². The number of carbonyl (C=O) groups is 1. The summed E-state index contributed by atoms with van der Waals surface area (Å²) in [6.45, 7) is 2.50. The monoisotopic (exact) mass is 292 g/mol. The fraction of sp³-hybridized carbons (Fsp3) is 0.438. The van der Waals surface area contributed by atoms with Crippen molar-refractivity contribution in [1.29, 1.82) is 0 Å². The molecule has 0 bridgehead atoms. The summed E-state index contributed by atoms with van der Waals surface area (Å²) in [7, 11) is 1.58. The minimum atomic E-state index is -0.996. The Balaban J connectivity index is 2.09. The Bertz CT molecular complexity index is 523. The van der Waals surface area contributed by atoms with E-state index >= 15 is 0 Å². The SMILES string of the molecule is COc1ccc(/C=C/C(=O)O)c(OCC2CCC(C)O2)c1. The Morgan fingerprint density at radius 3 is 2.90 bits per heavy atom. The molecule has 2 unspecified atom stereocenters. The predicted molar refractivity (Wildman–Crippen MR) is 78.7 cm³/mol. The number of ether oxygens (including phenoxy) is 3. The lowest BCUT2D eigenvalue weighted by Crippen LogP contribution is -2.18. The first-order valence-corrected chi connectivity index (χ1v) is 6.96. The third-order valence-electron chi connectivity index (χ3n) is 3.37. The zero-order chi connectivity index (χ0) is 15.2. The standard InChI is InChI=1S/C16H20O5/c1-11-3-6-14(21-11)10-20-15-9-13(19-2)7-4-12(15)5-8-16(17)18/h4-5,7-9,11,14H,3,6,10H2,1-2H3,(H,17,18)/b8-5+. The van der Waals surface area contributed by atoms with Crippen LogP contribution in [0.1, 0.15) is 25.3 Å². The molecule has 0 radical (unpaired) electrons. The number of rotatable bonds is 6. The van der Waals surface area contributed by atoms with Crippen molar-refractivity contribution in [3.63, 3.8) is 0 Å². The maximum atomic E-state index is 10.6. The lowest BCUT2D eigenvalue weighted by Gasteiger charge is -2.15. The van der Waals surface area contributed by atoms with E-state index in [0.717, 1.165) is 18.9 Å². The van der Waals surface area contributed by atoms with Gasteiger partial charge in [0.15, 0.2) is 0 Å². The van der Waals surface area contributed by atoms with Crippen LogP contribution in [0.2, 0.25) is 0 Å². The van der Waals surface area contributed by atoms with Gasteiger partial charge in [0.1, 0.15) is 18.1 Å². The molecule has 1 fully saturated rings. The maximum Gasteiger partial charge on any atom is 0.328 e. The van der Waals surface area contributed by atoms with Gasteiger partial charge in [0, 0.05) is 17.7 Å². The molecule has 1 N–H and O–H groups in total. The number of methoxy groups -OCH3 is 1. The van der Waals surface area contributed by atoms with Gasteiger partial charge in [-0.2, -0.15) is 0 Å². The number of hydrogen-bond acceptors (Lipinski definition) is 4. The molecule has 1 saturated heterocycles. The average molecular weight is 292 g/mol. The highest BCUT2D eigenvalue weighted by Crippen LogP contribution is 2.27. The summed E-state index contributed by atoms with van der Waals surface area (Å²) in [5, 5.41) is 8.73. The van der Waals surface area contributed by atoms with Crippen LogP contribution in [0.25, 0.3) is 6.08 Å². The zero-order valence-electron chi connectivity index (χ0n) is 12.2. The van der Waals surface area contributed by atoms with Crippen LogP contribution < -0.4 is 9.47 Å². The van der Waals surface area contributed by atoms with Crippen LogP contribution in [0.5, 0.6) is 11.5 Å². The van der Waals surface area contributed by atoms with Crippen molar-refractivity contribution in [3.05, 3.63) is 29.8 Å². The van der Waals surface area contributed by atoms with E-state index in [4.69, 9.17) is 19.3 Å². The van der Waals surface area contributed by atoms with Crippen molar-refractivity contribution in [1.82, 2.24) is 0 Å². The molecule has 1 heterocycles. The van der Waals surface area contributed by atoms with Gasteiger partial charge in [-0.25, -0.2) is 4.79 Å². The first kappa shape index (κ1) is 15.4. The minimum absolute atomic E-state index is 0.0857. The quantitative estimate of drug-likeness (QED) is 0.817. The van der Waals surface area contributed by atoms with E-state index in [-0.39, 0.29) is 12.2 Å². The van der Waals surface area contributed by atoms with E-state index in [1.54, 1.807) is 25.3 Å². The summed E-state index contributed by atoms with van der Waals surface area (Å²) >= 11 is 0. The molecule has 0 aliphatic carbocycles. The second kappa shape index (κ2) is 7.13. The van der Waals surface area contributed by atoms with Gasteiger partial charge >= 0.3 is 5.97 Å². The number of hydrogen-bond donors (Lipinski definition) is 1. The van der Waals surface area contributed by atoms with Gasteiger partial charge in [0.2, 0.25) is 0 Å². The van der Waals surface area contributed by atoms with E-state index < -0.39 is 5.97 Å². The Kier molecular flexibility index (Phi) is 5.22. The Morgan fingerprint density at radius 2 is 2.29 bits per heavy atom. The molecule has 1 aromatic rings. The van der Waals surface area contributed by atoms with Gasteiger partial charge in [-0.15, -0.1) is 0 Å². The van der Waals surface area contributed by atoms with Crippen LogP contribution in [0.15, 0.2) is 24.3 Å². The highest BCUT2D eigenvalue weighted by molar-refractivity contribution is 5.86. The van der Waals surface area contributed by atoms with Crippen LogP contribution in [-0.2, 0) is 9.53 Å². The van der Waals surface area contributed by atoms with E-state index in [9.17, 15) is 4.79 Å². The smallest absolute Gasteiger partial charge is 0.328 e. The number of aliphatic carboxylic acids is 1. The Labute approximate surface area is 124 Å². The van der Waals surface area contributed by atoms with Crippen molar-refractivity contribution < 1.29 is 24.1 Å². The first-order valence-electron chi connectivity index (χ1n) is 6.96. The molecule has 2 atom stereocenters. The van der Waals surface area contributed by atoms with Crippen molar-refractivity contribution in [2.24, 2.45) is 0 Å². The summed E-state index contributed by atoms with van der Waals surface area (Å²) < 4.78 is 16.7. The summed E-state index contributed by atoms with van der Waals surface area (Å²) in [5.41, 5.74) is 0.698.